The van der Waals surface area contributed by atoms with Crippen molar-refractivity contribution in [1.82, 2.24) is 0 Å². The summed E-state index contributed by atoms with van der Waals surface area (Å²) in [5.74, 6) is -0.220. The van der Waals surface area contributed by atoms with E-state index in [1.165, 1.54) is 12.1 Å². The second-order valence-corrected chi connectivity index (χ2v) is 3.46. The molecule has 78 valence electrons. The van der Waals surface area contributed by atoms with Gasteiger partial charge in [-0.2, -0.15) is 0 Å². The minimum atomic E-state index is -2.72. The largest absolute Gasteiger partial charge is 0.507 e. The predicted molar refractivity (Wildman–Crippen MR) is 50.8 cm³/mol. The summed E-state index contributed by atoms with van der Waals surface area (Å²) < 4.78 is 24.6. The first-order valence-electron chi connectivity index (χ1n) is 3.96. The summed E-state index contributed by atoms with van der Waals surface area (Å²) in [7, 11) is 0. The normalized spacial score (nSPS) is 13.3. The Kier molecular flexibility index (Phi) is 3.29. The number of halogens is 3. The lowest BCUT2D eigenvalue weighted by Gasteiger charge is -2.14. The molecular formula is C9H10ClF2NO. The van der Waals surface area contributed by atoms with Gasteiger partial charge in [-0.15, -0.1) is 0 Å². The Bertz CT molecular complexity index is 344. The van der Waals surface area contributed by atoms with Crippen molar-refractivity contribution in [3.8, 4) is 5.75 Å². The van der Waals surface area contributed by atoms with Crippen molar-refractivity contribution in [2.45, 2.75) is 19.4 Å². The first-order chi connectivity index (χ1) is 6.43. The monoisotopic (exact) mass is 221 g/mol. The van der Waals surface area contributed by atoms with Gasteiger partial charge in [0, 0.05) is 10.6 Å². The van der Waals surface area contributed by atoms with E-state index in [0.29, 0.717) is 5.56 Å². The molecule has 0 aromatic heterocycles. The molecule has 0 saturated heterocycles. The minimum Gasteiger partial charge on any atom is -0.507 e. The molecule has 1 atom stereocenters. The lowest BCUT2D eigenvalue weighted by atomic mass is 10.0. The Labute approximate surface area is 85.3 Å². The van der Waals surface area contributed by atoms with Gasteiger partial charge in [0.25, 0.3) is 6.43 Å². The van der Waals surface area contributed by atoms with Gasteiger partial charge in [0.1, 0.15) is 5.75 Å². The Balaban J connectivity index is 3.20. The highest BCUT2D eigenvalue weighted by molar-refractivity contribution is 6.30. The van der Waals surface area contributed by atoms with Crippen LogP contribution >= 0.6 is 11.6 Å². The number of nitrogens with two attached hydrogens (primary N) is 1. The number of rotatable bonds is 2. The van der Waals surface area contributed by atoms with Crippen LogP contribution in [-0.2, 0) is 0 Å². The summed E-state index contributed by atoms with van der Waals surface area (Å²) in [4.78, 5) is 0. The summed E-state index contributed by atoms with van der Waals surface area (Å²) in [6, 6.07) is 1.23. The Morgan fingerprint density at radius 3 is 2.50 bits per heavy atom. The van der Waals surface area contributed by atoms with Crippen molar-refractivity contribution >= 4 is 11.6 Å². The van der Waals surface area contributed by atoms with Crippen molar-refractivity contribution in [3.63, 3.8) is 0 Å². The number of hydrogen-bond acceptors (Lipinski definition) is 2. The van der Waals surface area contributed by atoms with Crippen LogP contribution in [0.1, 0.15) is 17.2 Å². The molecule has 0 radical (unpaired) electrons. The SMILES string of the molecule is Cc1cc(Cl)cc([C@H](N)C(F)F)c1O. The number of phenolic OH excluding ortho intramolecular Hbond substituents is 1. The molecule has 14 heavy (non-hydrogen) atoms. The van der Waals surface area contributed by atoms with E-state index in [1.807, 2.05) is 0 Å². The standard InChI is InChI=1S/C9H10ClF2NO/c1-4-2-5(10)3-6(8(4)14)7(13)9(11)12/h2-3,7,9,14H,13H2,1H3/t7-/m0/s1. The van der Waals surface area contributed by atoms with Gasteiger partial charge in [0.05, 0.1) is 6.04 Å². The van der Waals surface area contributed by atoms with Crippen LogP contribution in [0.3, 0.4) is 0 Å². The fraction of sp³-hybridized carbons (Fsp3) is 0.333. The molecule has 0 aliphatic rings. The lowest BCUT2D eigenvalue weighted by Crippen LogP contribution is -2.19. The molecule has 0 fully saturated rings. The molecule has 0 unspecified atom stereocenters. The summed E-state index contributed by atoms with van der Waals surface area (Å²) >= 11 is 5.66. The molecule has 2 nitrogen and oxygen atoms in total. The molecule has 1 aromatic carbocycles. The molecule has 0 bridgehead atoms. The number of aryl methyl sites for hydroxylation is 1. The van der Waals surface area contributed by atoms with Crippen LogP contribution in [0.25, 0.3) is 0 Å². The van der Waals surface area contributed by atoms with Crippen LogP contribution in [-0.4, -0.2) is 11.5 Å². The van der Waals surface area contributed by atoms with Crippen LogP contribution in [0.15, 0.2) is 12.1 Å². The first-order valence-corrected chi connectivity index (χ1v) is 4.34. The Morgan fingerprint density at radius 1 is 1.43 bits per heavy atom. The topological polar surface area (TPSA) is 46.2 Å². The molecule has 0 spiro atoms. The highest BCUT2D eigenvalue weighted by atomic mass is 35.5. The second-order valence-electron chi connectivity index (χ2n) is 3.02. The summed E-state index contributed by atoms with van der Waals surface area (Å²) in [5, 5.41) is 9.75. The van der Waals surface area contributed by atoms with E-state index >= 15 is 0 Å². The zero-order valence-electron chi connectivity index (χ0n) is 7.47. The van der Waals surface area contributed by atoms with E-state index in [-0.39, 0.29) is 16.3 Å². The molecule has 5 heteroatoms. The third kappa shape index (κ3) is 2.13. The van der Waals surface area contributed by atoms with Crippen molar-refractivity contribution in [2.24, 2.45) is 5.73 Å². The van der Waals surface area contributed by atoms with Gasteiger partial charge in [-0.1, -0.05) is 11.6 Å². The van der Waals surface area contributed by atoms with Gasteiger partial charge in [0.2, 0.25) is 0 Å². The van der Waals surface area contributed by atoms with E-state index in [2.05, 4.69) is 0 Å². The first kappa shape index (κ1) is 11.2. The molecule has 0 heterocycles. The zero-order chi connectivity index (χ0) is 10.9. The van der Waals surface area contributed by atoms with Crippen LogP contribution in [0.4, 0.5) is 8.78 Å². The van der Waals surface area contributed by atoms with Gasteiger partial charge in [-0.25, -0.2) is 8.78 Å². The van der Waals surface area contributed by atoms with Gasteiger partial charge in [-0.3, -0.25) is 0 Å². The number of alkyl halides is 2. The molecular weight excluding hydrogens is 212 g/mol. The average Bonchev–Trinajstić information content (AvgIpc) is 2.09. The smallest absolute Gasteiger partial charge is 0.257 e. The molecule has 0 saturated carbocycles. The summed E-state index contributed by atoms with van der Waals surface area (Å²) in [5.41, 5.74) is 5.62. The molecule has 0 aliphatic carbocycles. The van der Waals surface area contributed by atoms with Gasteiger partial charge >= 0.3 is 0 Å². The maximum atomic E-state index is 12.3. The maximum Gasteiger partial charge on any atom is 0.257 e. The van der Waals surface area contributed by atoms with Gasteiger partial charge in [-0.05, 0) is 24.6 Å². The number of hydrogen-bond donors (Lipinski definition) is 2. The maximum absolute atomic E-state index is 12.3. The van der Waals surface area contributed by atoms with Crippen LogP contribution in [0, 0.1) is 6.92 Å². The second kappa shape index (κ2) is 4.11. The van der Waals surface area contributed by atoms with Gasteiger partial charge < -0.3 is 10.8 Å². The minimum absolute atomic E-state index is 0.0231. The lowest BCUT2D eigenvalue weighted by molar-refractivity contribution is 0.115. The third-order valence-corrected chi connectivity index (χ3v) is 2.14. The van der Waals surface area contributed by atoms with Crippen LogP contribution in [0.2, 0.25) is 5.02 Å². The van der Waals surface area contributed by atoms with Crippen LogP contribution < -0.4 is 5.73 Å². The highest BCUT2D eigenvalue weighted by Crippen LogP contribution is 2.32. The summed E-state index contributed by atoms with van der Waals surface area (Å²) in [6.07, 6.45) is -2.72. The van der Waals surface area contributed by atoms with Crippen LogP contribution in [0.5, 0.6) is 5.75 Å². The molecule has 1 rings (SSSR count). The molecule has 0 aliphatic heterocycles. The van der Waals surface area contributed by atoms with Gasteiger partial charge in [0.15, 0.2) is 0 Å². The summed E-state index contributed by atoms with van der Waals surface area (Å²) in [6.45, 7) is 1.57. The molecule has 1 aromatic rings. The van der Waals surface area contributed by atoms with Crippen molar-refractivity contribution in [3.05, 3.63) is 28.3 Å². The van der Waals surface area contributed by atoms with E-state index in [9.17, 15) is 13.9 Å². The number of aromatic hydroxyl groups is 1. The number of benzene rings is 1. The van der Waals surface area contributed by atoms with E-state index < -0.39 is 12.5 Å². The van der Waals surface area contributed by atoms with Crippen molar-refractivity contribution < 1.29 is 13.9 Å². The molecule has 0 amide bonds. The van der Waals surface area contributed by atoms with E-state index in [0.717, 1.165) is 0 Å². The predicted octanol–water partition coefficient (Wildman–Crippen LogP) is 2.62. The highest BCUT2D eigenvalue weighted by Gasteiger charge is 2.21. The van der Waals surface area contributed by atoms with E-state index in [1.54, 1.807) is 6.92 Å². The average molecular weight is 222 g/mol. The number of phenols is 1. The quantitative estimate of drug-likeness (QED) is 0.807. The Hall–Kier alpha value is -0.870. The van der Waals surface area contributed by atoms with E-state index in [4.69, 9.17) is 17.3 Å². The fourth-order valence-electron chi connectivity index (χ4n) is 1.15. The molecule has 3 N–H and O–H groups in total. The Morgan fingerprint density at radius 2 is 2.00 bits per heavy atom. The van der Waals surface area contributed by atoms with Crippen molar-refractivity contribution in [2.75, 3.05) is 0 Å². The third-order valence-electron chi connectivity index (χ3n) is 1.93. The fourth-order valence-corrected chi connectivity index (χ4v) is 1.43. The zero-order valence-corrected chi connectivity index (χ0v) is 8.22. The van der Waals surface area contributed by atoms with Crippen molar-refractivity contribution in [1.29, 1.82) is 0 Å².